The largest absolute Gasteiger partial charge is 0.347 e. The highest BCUT2D eigenvalue weighted by atomic mass is 16.2. The fourth-order valence-electron chi connectivity index (χ4n) is 2.69. The number of rotatable bonds is 4. The van der Waals surface area contributed by atoms with Gasteiger partial charge in [0.1, 0.15) is 0 Å². The number of nitrogens with zero attached hydrogens (tertiary/aromatic N) is 2. The summed E-state index contributed by atoms with van der Waals surface area (Å²) in [4.78, 5) is 12.2. The van der Waals surface area contributed by atoms with E-state index in [1.807, 2.05) is 43.5 Å². The Labute approximate surface area is 135 Å². The summed E-state index contributed by atoms with van der Waals surface area (Å²) in [5.74, 6) is -0.196. The van der Waals surface area contributed by atoms with Crippen molar-refractivity contribution in [1.29, 1.82) is 0 Å². The first-order chi connectivity index (χ1) is 11.2. The molecule has 1 amide bonds. The summed E-state index contributed by atoms with van der Waals surface area (Å²) in [6.45, 7) is 4.91. The van der Waals surface area contributed by atoms with E-state index in [1.165, 1.54) is 5.52 Å². The van der Waals surface area contributed by atoms with Crippen LogP contribution in [0.15, 0.2) is 59.8 Å². The third-order valence-corrected chi connectivity index (χ3v) is 3.92. The lowest BCUT2D eigenvalue weighted by atomic mass is 10.1. The van der Waals surface area contributed by atoms with Gasteiger partial charge in [-0.3, -0.25) is 4.79 Å². The number of para-hydroxylation sites is 1. The first-order valence-electron chi connectivity index (χ1n) is 7.67. The summed E-state index contributed by atoms with van der Waals surface area (Å²) in [6, 6.07) is 15.6. The number of hydrogen-bond acceptors (Lipinski definition) is 2. The van der Waals surface area contributed by atoms with E-state index in [2.05, 4.69) is 34.2 Å². The van der Waals surface area contributed by atoms with E-state index >= 15 is 0 Å². The van der Waals surface area contributed by atoms with E-state index in [0.29, 0.717) is 5.56 Å². The Morgan fingerprint density at radius 1 is 1.17 bits per heavy atom. The molecule has 0 aliphatic heterocycles. The number of amides is 1. The highest BCUT2D eigenvalue weighted by Crippen LogP contribution is 2.19. The SMILES string of the molecule is CCn1cc(/C=N\NC(=O)c2ccccc2C)c2ccccc21. The highest BCUT2D eigenvalue weighted by Gasteiger charge is 2.07. The fourth-order valence-corrected chi connectivity index (χ4v) is 2.69. The maximum absolute atomic E-state index is 12.2. The van der Waals surface area contributed by atoms with Crippen LogP contribution in [0.2, 0.25) is 0 Å². The van der Waals surface area contributed by atoms with Gasteiger partial charge in [-0.25, -0.2) is 5.43 Å². The monoisotopic (exact) mass is 305 g/mol. The molecule has 116 valence electrons. The van der Waals surface area contributed by atoms with Crippen LogP contribution < -0.4 is 5.43 Å². The molecule has 0 bridgehead atoms. The van der Waals surface area contributed by atoms with Gasteiger partial charge in [-0.05, 0) is 31.5 Å². The van der Waals surface area contributed by atoms with Crippen LogP contribution in [0.25, 0.3) is 10.9 Å². The van der Waals surface area contributed by atoms with Gasteiger partial charge >= 0.3 is 0 Å². The van der Waals surface area contributed by atoms with Gasteiger partial charge in [-0.1, -0.05) is 36.4 Å². The van der Waals surface area contributed by atoms with E-state index in [0.717, 1.165) is 23.1 Å². The molecule has 0 atom stereocenters. The molecule has 0 saturated carbocycles. The first-order valence-corrected chi connectivity index (χ1v) is 7.67. The molecule has 0 unspecified atom stereocenters. The summed E-state index contributed by atoms with van der Waals surface area (Å²) < 4.78 is 2.17. The molecule has 0 saturated heterocycles. The molecule has 4 nitrogen and oxygen atoms in total. The van der Waals surface area contributed by atoms with Gasteiger partial charge in [0.2, 0.25) is 0 Å². The van der Waals surface area contributed by atoms with Crippen LogP contribution >= 0.6 is 0 Å². The zero-order valence-electron chi connectivity index (χ0n) is 13.3. The van der Waals surface area contributed by atoms with Crippen molar-refractivity contribution in [3.05, 3.63) is 71.4 Å². The van der Waals surface area contributed by atoms with Gasteiger partial charge in [0, 0.05) is 34.8 Å². The Balaban J connectivity index is 1.81. The van der Waals surface area contributed by atoms with Crippen LogP contribution in [0.3, 0.4) is 0 Å². The lowest BCUT2D eigenvalue weighted by Crippen LogP contribution is -2.18. The quantitative estimate of drug-likeness (QED) is 0.579. The Kier molecular flexibility index (Phi) is 4.24. The van der Waals surface area contributed by atoms with E-state index in [1.54, 1.807) is 12.3 Å². The fraction of sp³-hybridized carbons (Fsp3) is 0.158. The zero-order chi connectivity index (χ0) is 16.2. The van der Waals surface area contributed by atoms with Crippen molar-refractivity contribution in [2.45, 2.75) is 20.4 Å². The number of fused-ring (bicyclic) bond motifs is 1. The molecule has 23 heavy (non-hydrogen) atoms. The predicted molar refractivity (Wildman–Crippen MR) is 93.9 cm³/mol. The van der Waals surface area contributed by atoms with Crippen LogP contribution in [0.1, 0.15) is 28.4 Å². The maximum Gasteiger partial charge on any atom is 0.271 e. The molecule has 0 fully saturated rings. The molecule has 1 aromatic heterocycles. The average Bonchev–Trinajstić information content (AvgIpc) is 2.93. The molecule has 1 heterocycles. The normalized spacial score (nSPS) is 11.2. The summed E-state index contributed by atoms with van der Waals surface area (Å²) in [5, 5.41) is 5.25. The Morgan fingerprint density at radius 2 is 1.91 bits per heavy atom. The lowest BCUT2D eigenvalue weighted by molar-refractivity contribution is 0.0954. The minimum Gasteiger partial charge on any atom is -0.347 e. The molecule has 2 aromatic carbocycles. The van der Waals surface area contributed by atoms with Crippen LogP contribution in [0, 0.1) is 6.92 Å². The van der Waals surface area contributed by atoms with Gasteiger partial charge in [-0.2, -0.15) is 5.10 Å². The van der Waals surface area contributed by atoms with Gasteiger partial charge in [0.05, 0.1) is 6.21 Å². The predicted octanol–water partition coefficient (Wildman–Crippen LogP) is 3.73. The first kappa shape index (κ1) is 15.0. The van der Waals surface area contributed by atoms with Crippen molar-refractivity contribution in [2.24, 2.45) is 5.10 Å². The Hall–Kier alpha value is -2.88. The number of carbonyl (C=O) groups excluding carboxylic acids is 1. The van der Waals surface area contributed by atoms with Crippen molar-refractivity contribution >= 4 is 23.0 Å². The summed E-state index contributed by atoms with van der Waals surface area (Å²) in [6.07, 6.45) is 3.75. The third kappa shape index (κ3) is 3.01. The number of hydrazone groups is 1. The van der Waals surface area contributed by atoms with Gasteiger partial charge in [0.25, 0.3) is 5.91 Å². The van der Waals surface area contributed by atoms with Crippen molar-refractivity contribution in [3.63, 3.8) is 0 Å². The molecule has 0 aliphatic rings. The lowest BCUT2D eigenvalue weighted by Gasteiger charge is -2.02. The minimum atomic E-state index is -0.196. The van der Waals surface area contributed by atoms with Crippen molar-refractivity contribution in [2.75, 3.05) is 0 Å². The summed E-state index contributed by atoms with van der Waals surface area (Å²) in [5.41, 5.74) is 6.34. The number of benzene rings is 2. The second-order valence-corrected chi connectivity index (χ2v) is 5.40. The minimum absolute atomic E-state index is 0.196. The number of aromatic nitrogens is 1. The molecule has 4 heteroatoms. The van der Waals surface area contributed by atoms with Gasteiger partial charge in [0.15, 0.2) is 0 Å². The third-order valence-electron chi connectivity index (χ3n) is 3.92. The topological polar surface area (TPSA) is 46.4 Å². The Morgan fingerprint density at radius 3 is 2.70 bits per heavy atom. The smallest absolute Gasteiger partial charge is 0.271 e. The van der Waals surface area contributed by atoms with E-state index < -0.39 is 0 Å². The molecule has 3 rings (SSSR count). The average molecular weight is 305 g/mol. The molecule has 1 N–H and O–H groups in total. The molecule has 0 radical (unpaired) electrons. The second kappa shape index (κ2) is 6.48. The van der Waals surface area contributed by atoms with Crippen LogP contribution in [0.4, 0.5) is 0 Å². The van der Waals surface area contributed by atoms with E-state index in [4.69, 9.17) is 0 Å². The molecular weight excluding hydrogens is 286 g/mol. The van der Waals surface area contributed by atoms with E-state index in [9.17, 15) is 4.79 Å². The summed E-state index contributed by atoms with van der Waals surface area (Å²) >= 11 is 0. The molecular formula is C19H19N3O. The molecule has 0 aliphatic carbocycles. The zero-order valence-corrected chi connectivity index (χ0v) is 13.3. The van der Waals surface area contributed by atoms with Crippen LogP contribution in [-0.4, -0.2) is 16.7 Å². The van der Waals surface area contributed by atoms with Crippen molar-refractivity contribution in [1.82, 2.24) is 9.99 Å². The van der Waals surface area contributed by atoms with Crippen molar-refractivity contribution in [3.8, 4) is 0 Å². The number of carbonyl (C=O) groups is 1. The maximum atomic E-state index is 12.2. The number of aryl methyl sites for hydroxylation is 2. The van der Waals surface area contributed by atoms with Gasteiger partial charge < -0.3 is 4.57 Å². The second-order valence-electron chi connectivity index (χ2n) is 5.40. The van der Waals surface area contributed by atoms with Crippen molar-refractivity contribution < 1.29 is 4.79 Å². The molecule has 0 spiro atoms. The summed E-state index contributed by atoms with van der Waals surface area (Å²) in [7, 11) is 0. The van der Waals surface area contributed by atoms with Crippen LogP contribution in [0.5, 0.6) is 0 Å². The molecule has 3 aromatic rings. The van der Waals surface area contributed by atoms with E-state index in [-0.39, 0.29) is 5.91 Å². The standard InChI is InChI=1S/C19H19N3O/c1-3-22-13-15(17-10-6-7-11-18(17)22)12-20-21-19(23)16-9-5-4-8-14(16)2/h4-13H,3H2,1-2H3,(H,21,23)/b20-12-. The van der Waals surface area contributed by atoms with Crippen LogP contribution in [-0.2, 0) is 6.54 Å². The van der Waals surface area contributed by atoms with Gasteiger partial charge in [-0.15, -0.1) is 0 Å². The Bertz CT molecular complexity index is 877. The number of nitrogens with one attached hydrogen (secondary N) is 1. The number of hydrogen-bond donors (Lipinski definition) is 1. The highest BCUT2D eigenvalue weighted by molar-refractivity contribution is 6.00.